The first kappa shape index (κ1) is 15.3. The minimum absolute atomic E-state index is 0.0165. The summed E-state index contributed by atoms with van der Waals surface area (Å²) in [6, 6.07) is 14.7. The van der Waals surface area contributed by atoms with Crippen molar-refractivity contribution >= 4 is 23.1 Å². The molecular weight excluding hydrogens is 288 g/mol. The molecule has 1 fully saturated rings. The molecule has 4 heteroatoms. The Kier molecular flexibility index (Phi) is 4.42. The van der Waals surface area contributed by atoms with Gasteiger partial charge in [0.15, 0.2) is 5.78 Å². The van der Waals surface area contributed by atoms with E-state index in [-0.39, 0.29) is 11.7 Å². The Morgan fingerprint density at radius 2 is 1.65 bits per heavy atom. The summed E-state index contributed by atoms with van der Waals surface area (Å²) in [5.41, 5.74) is 2.94. The van der Waals surface area contributed by atoms with E-state index in [1.54, 1.807) is 24.3 Å². The number of benzene rings is 2. The molecule has 1 amide bonds. The number of nitrogens with one attached hydrogen (secondary N) is 1. The lowest BCUT2D eigenvalue weighted by Crippen LogP contribution is -2.19. The largest absolute Gasteiger partial charge is 0.372 e. The van der Waals surface area contributed by atoms with E-state index in [9.17, 15) is 9.59 Å². The van der Waals surface area contributed by atoms with Crippen molar-refractivity contribution in [1.29, 1.82) is 0 Å². The van der Waals surface area contributed by atoms with Gasteiger partial charge in [-0.1, -0.05) is 18.2 Å². The average molecular weight is 308 g/mol. The number of Topliss-reactive ketones (excluding diaryl/α,β-unsaturated/α-hetero) is 1. The monoisotopic (exact) mass is 308 g/mol. The zero-order valence-electron chi connectivity index (χ0n) is 13.2. The number of carbonyl (C=O) groups excluding carboxylic acids is 2. The van der Waals surface area contributed by atoms with Gasteiger partial charge in [-0.05, 0) is 50.1 Å². The van der Waals surface area contributed by atoms with Crippen LogP contribution in [-0.2, 0) is 0 Å². The fraction of sp³-hybridized carbons (Fsp3) is 0.263. The number of nitrogens with zero attached hydrogens (tertiary/aromatic N) is 1. The maximum absolute atomic E-state index is 12.4. The van der Waals surface area contributed by atoms with Crippen LogP contribution in [-0.4, -0.2) is 24.8 Å². The second-order valence-corrected chi connectivity index (χ2v) is 5.84. The van der Waals surface area contributed by atoms with Crippen LogP contribution >= 0.6 is 0 Å². The molecule has 1 saturated heterocycles. The molecular formula is C19H20N2O2. The second-order valence-electron chi connectivity index (χ2n) is 5.84. The molecule has 1 aliphatic rings. The van der Waals surface area contributed by atoms with Crippen molar-refractivity contribution < 1.29 is 9.59 Å². The molecule has 0 radical (unpaired) electrons. The molecule has 0 bridgehead atoms. The number of amides is 1. The SMILES string of the molecule is CC(=O)c1cccc(NC(=O)c2cccc(N3CCCC3)c2)c1. The van der Waals surface area contributed by atoms with Gasteiger partial charge in [-0.2, -0.15) is 0 Å². The zero-order chi connectivity index (χ0) is 16.2. The van der Waals surface area contributed by atoms with Crippen LogP contribution in [0.4, 0.5) is 11.4 Å². The molecule has 1 heterocycles. The van der Waals surface area contributed by atoms with Crippen LogP contribution in [0, 0.1) is 0 Å². The molecule has 4 nitrogen and oxygen atoms in total. The highest BCUT2D eigenvalue weighted by Crippen LogP contribution is 2.22. The third-order valence-corrected chi connectivity index (χ3v) is 4.11. The molecule has 1 N–H and O–H groups in total. The summed E-state index contributed by atoms with van der Waals surface area (Å²) < 4.78 is 0. The van der Waals surface area contributed by atoms with Crippen molar-refractivity contribution in [3.8, 4) is 0 Å². The Morgan fingerprint density at radius 3 is 2.39 bits per heavy atom. The normalized spacial score (nSPS) is 13.9. The molecule has 0 saturated carbocycles. The van der Waals surface area contributed by atoms with Crippen molar-refractivity contribution in [2.45, 2.75) is 19.8 Å². The maximum Gasteiger partial charge on any atom is 0.255 e. The molecule has 1 aliphatic heterocycles. The Bertz CT molecular complexity index is 734. The quantitative estimate of drug-likeness (QED) is 0.875. The summed E-state index contributed by atoms with van der Waals surface area (Å²) in [5.74, 6) is -0.177. The van der Waals surface area contributed by atoms with Gasteiger partial charge in [0.25, 0.3) is 5.91 Å². The maximum atomic E-state index is 12.4. The summed E-state index contributed by atoms with van der Waals surface area (Å²) in [7, 11) is 0. The standard InChI is InChI=1S/C19H20N2O2/c1-14(22)15-6-4-8-17(12-15)20-19(23)16-7-5-9-18(13-16)21-10-2-3-11-21/h4-9,12-13H,2-3,10-11H2,1H3,(H,20,23). The van der Waals surface area contributed by atoms with Crippen LogP contribution < -0.4 is 10.2 Å². The minimum Gasteiger partial charge on any atom is -0.372 e. The molecule has 0 aliphatic carbocycles. The average Bonchev–Trinajstić information content (AvgIpc) is 3.10. The highest BCUT2D eigenvalue weighted by Gasteiger charge is 2.14. The Labute approximate surface area is 136 Å². The van der Waals surface area contributed by atoms with E-state index in [1.807, 2.05) is 24.3 Å². The lowest BCUT2D eigenvalue weighted by atomic mass is 10.1. The predicted octanol–water partition coefficient (Wildman–Crippen LogP) is 3.74. The van der Waals surface area contributed by atoms with Crippen molar-refractivity contribution in [3.63, 3.8) is 0 Å². The van der Waals surface area contributed by atoms with Crippen LogP contribution in [0.15, 0.2) is 48.5 Å². The fourth-order valence-electron chi connectivity index (χ4n) is 2.84. The highest BCUT2D eigenvalue weighted by molar-refractivity contribution is 6.05. The van der Waals surface area contributed by atoms with E-state index in [2.05, 4.69) is 10.2 Å². The number of hydrogen-bond donors (Lipinski definition) is 1. The lowest BCUT2D eigenvalue weighted by molar-refractivity contribution is 0.101. The van der Waals surface area contributed by atoms with Gasteiger partial charge < -0.3 is 10.2 Å². The van der Waals surface area contributed by atoms with E-state index in [0.29, 0.717) is 16.8 Å². The zero-order valence-corrected chi connectivity index (χ0v) is 13.2. The summed E-state index contributed by atoms with van der Waals surface area (Å²) in [6.07, 6.45) is 2.41. The van der Waals surface area contributed by atoms with E-state index >= 15 is 0 Å². The molecule has 118 valence electrons. The van der Waals surface area contributed by atoms with Gasteiger partial charge in [0.05, 0.1) is 0 Å². The lowest BCUT2D eigenvalue weighted by Gasteiger charge is -2.18. The number of carbonyl (C=O) groups is 2. The topological polar surface area (TPSA) is 49.4 Å². The molecule has 0 aromatic heterocycles. The van der Waals surface area contributed by atoms with Gasteiger partial charge in [-0.15, -0.1) is 0 Å². The number of anilines is 2. The van der Waals surface area contributed by atoms with Crippen LogP contribution in [0.1, 0.15) is 40.5 Å². The van der Waals surface area contributed by atoms with Gasteiger partial charge in [-0.25, -0.2) is 0 Å². The first-order valence-electron chi connectivity index (χ1n) is 7.91. The Hall–Kier alpha value is -2.62. The second kappa shape index (κ2) is 6.65. The third-order valence-electron chi connectivity index (χ3n) is 4.11. The van der Waals surface area contributed by atoms with Crippen LogP contribution in [0.2, 0.25) is 0 Å². The van der Waals surface area contributed by atoms with Gasteiger partial charge in [0.2, 0.25) is 0 Å². The molecule has 2 aromatic carbocycles. The molecule has 0 spiro atoms. The summed E-state index contributed by atoms with van der Waals surface area (Å²) in [5, 5.41) is 2.86. The van der Waals surface area contributed by atoms with Gasteiger partial charge in [0.1, 0.15) is 0 Å². The molecule has 3 rings (SSSR count). The highest BCUT2D eigenvalue weighted by atomic mass is 16.1. The molecule has 0 atom stereocenters. The van der Waals surface area contributed by atoms with Crippen LogP contribution in [0.5, 0.6) is 0 Å². The third kappa shape index (κ3) is 3.59. The van der Waals surface area contributed by atoms with Crippen molar-refractivity contribution in [3.05, 3.63) is 59.7 Å². The van der Waals surface area contributed by atoms with Crippen molar-refractivity contribution in [2.75, 3.05) is 23.3 Å². The van der Waals surface area contributed by atoms with E-state index < -0.39 is 0 Å². The van der Waals surface area contributed by atoms with Gasteiger partial charge >= 0.3 is 0 Å². The van der Waals surface area contributed by atoms with Gasteiger partial charge in [-0.3, -0.25) is 9.59 Å². The van der Waals surface area contributed by atoms with E-state index in [4.69, 9.17) is 0 Å². The fourth-order valence-corrected chi connectivity index (χ4v) is 2.84. The Balaban J connectivity index is 1.76. The first-order chi connectivity index (χ1) is 11.1. The first-order valence-corrected chi connectivity index (χ1v) is 7.91. The minimum atomic E-state index is -0.160. The summed E-state index contributed by atoms with van der Waals surface area (Å²) >= 11 is 0. The van der Waals surface area contributed by atoms with E-state index in [0.717, 1.165) is 18.8 Å². The molecule has 23 heavy (non-hydrogen) atoms. The number of rotatable bonds is 4. The van der Waals surface area contributed by atoms with Crippen molar-refractivity contribution in [2.24, 2.45) is 0 Å². The number of hydrogen-bond acceptors (Lipinski definition) is 3. The van der Waals surface area contributed by atoms with Crippen LogP contribution in [0.25, 0.3) is 0 Å². The smallest absolute Gasteiger partial charge is 0.255 e. The summed E-state index contributed by atoms with van der Waals surface area (Å²) in [6.45, 7) is 3.61. The number of ketones is 1. The predicted molar refractivity (Wildman–Crippen MR) is 92.3 cm³/mol. The summed E-state index contributed by atoms with van der Waals surface area (Å²) in [4.78, 5) is 26.2. The van der Waals surface area contributed by atoms with Gasteiger partial charge in [0, 0.05) is 35.6 Å². The van der Waals surface area contributed by atoms with Crippen molar-refractivity contribution in [1.82, 2.24) is 0 Å². The molecule has 0 unspecified atom stereocenters. The van der Waals surface area contributed by atoms with E-state index in [1.165, 1.54) is 19.8 Å². The Morgan fingerprint density at radius 1 is 0.957 bits per heavy atom. The molecule has 2 aromatic rings. The van der Waals surface area contributed by atoms with Crippen LogP contribution in [0.3, 0.4) is 0 Å².